The number of carbonyl (C=O) groups excluding carboxylic acids is 1. The Balaban J connectivity index is 1.48. The van der Waals surface area contributed by atoms with E-state index in [1.807, 2.05) is 10.7 Å². The first-order valence-electron chi connectivity index (χ1n) is 9.22. The number of carbonyl (C=O) groups is 1. The van der Waals surface area contributed by atoms with Gasteiger partial charge in [0.05, 0.1) is 13.2 Å². The number of hydrogen-bond acceptors (Lipinski definition) is 4. The Morgan fingerprint density at radius 3 is 2.86 bits per heavy atom. The maximum Gasteiger partial charge on any atom is 0.573 e. The first-order chi connectivity index (χ1) is 13.4. The third-order valence-electron chi connectivity index (χ3n) is 4.95. The van der Waals surface area contributed by atoms with Gasteiger partial charge < -0.3 is 14.4 Å². The number of alkyl halides is 3. The molecule has 0 saturated carbocycles. The minimum absolute atomic E-state index is 0.183. The molecule has 1 aromatic carbocycles. The lowest BCUT2D eigenvalue weighted by molar-refractivity contribution is -0.274. The number of hydrogen-bond donors (Lipinski definition) is 0. The Labute approximate surface area is 159 Å². The molecule has 1 amide bonds. The molecular formula is C19H20F3N3O3. The predicted molar refractivity (Wildman–Crippen MR) is 92.9 cm³/mol. The summed E-state index contributed by atoms with van der Waals surface area (Å²) in [5.74, 6) is -0.489. The van der Waals surface area contributed by atoms with Crippen LogP contribution in [-0.2, 0) is 17.7 Å². The molecule has 1 aromatic heterocycles. The number of rotatable bonds is 3. The van der Waals surface area contributed by atoms with Gasteiger partial charge in [0.1, 0.15) is 11.9 Å². The van der Waals surface area contributed by atoms with Crippen LogP contribution in [-0.4, -0.2) is 46.6 Å². The molecule has 1 atom stereocenters. The van der Waals surface area contributed by atoms with Gasteiger partial charge in [-0.3, -0.25) is 9.48 Å². The maximum absolute atomic E-state index is 12.9. The minimum atomic E-state index is -4.76. The first kappa shape index (κ1) is 18.8. The average Bonchev–Trinajstić information content (AvgIpc) is 3.10. The van der Waals surface area contributed by atoms with E-state index in [2.05, 4.69) is 9.84 Å². The number of aryl methyl sites for hydroxylation is 2. The summed E-state index contributed by atoms with van der Waals surface area (Å²) in [5, 5.41) is 4.42. The smallest absolute Gasteiger partial charge is 0.406 e. The van der Waals surface area contributed by atoms with Gasteiger partial charge in [0.25, 0.3) is 5.91 Å². The number of nitrogens with zero attached hydrogens (tertiary/aromatic N) is 3. The van der Waals surface area contributed by atoms with Gasteiger partial charge in [-0.2, -0.15) is 5.10 Å². The van der Waals surface area contributed by atoms with Crippen molar-refractivity contribution in [1.29, 1.82) is 0 Å². The zero-order valence-electron chi connectivity index (χ0n) is 15.1. The SMILES string of the molecule is O=C(c1cc2n(n1)CCCC2)N1CCOC(c2cccc(OC(F)(F)F)c2)C1. The van der Waals surface area contributed by atoms with Crippen molar-refractivity contribution in [3.8, 4) is 5.75 Å². The number of halogens is 3. The molecule has 2 aliphatic heterocycles. The number of benzene rings is 1. The summed E-state index contributed by atoms with van der Waals surface area (Å²) in [6, 6.07) is 7.50. The minimum Gasteiger partial charge on any atom is -0.406 e. The van der Waals surface area contributed by atoms with Crippen LogP contribution in [0.4, 0.5) is 13.2 Å². The Kier molecular flexibility index (Phi) is 5.01. The van der Waals surface area contributed by atoms with Gasteiger partial charge in [-0.1, -0.05) is 12.1 Å². The van der Waals surface area contributed by atoms with Crippen LogP contribution in [0.2, 0.25) is 0 Å². The van der Waals surface area contributed by atoms with Crippen molar-refractivity contribution in [3.05, 3.63) is 47.3 Å². The predicted octanol–water partition coefficient (Wildman–Crippen LogP) is 3.33. The lowest BCUT2D eigenvalue weighted by atomic mass is 10.1. The molecule has 1 saturated heterocycles. The van der Waals surface area contributed by atoms with Crippen LogP contribution in [0.1, 0.15) is 40.7 Å². The molecule has 2 aliphatic rings. The Bertz CT molecular complexity index is 842. The van der Waals surface area contributed by atoms with E-state index in [-0.39, 0.29) is 18.2 Å². The molecule has 4 rings (SSSR count). The van der Waals surface area contributed by atoms with Crippen LogP contribution in [0.3, 0.4) is 0 Å². The molecule has 2 aromatic rings. The summed E-state index contributed by atoms with van der Waals surface area (Å²) in [7, 11) is 0. The molecule has 1 unspecified atom stereocenters. The Hall–Kier alpha value is -2.55. The highest BCUT2D eigenvalue weighted by molar-refractivity contribution is 5.92. The number of ether oxygens (including phenoxy) is 2. The summed E-state index contributed by atoms with van der Waals surface area (Å²) in [4.78, 5) is 14.5. The number of amides is 1. The summed E-state index contributed by atoms with van der Waals surface area (Å²) in [5.41, 5.74) is 2.01. The molecule has 0 N–H and O–H groups in total. The topological polar surface area (TPSA) is 56.6 Å². The molecule has 0 radical (unpaired) electrons. The quantitative estimate of drug-likeness (QED) is 0.800. The first-order valence-corrected chi connectivity index (χ1v) is 9.22. The molecule has 0 aliphatic carbocycles. The van der Waals surface area contributed by atoms with E-state index >= 15 is 0 Å². The second-order valence-electron chi connectivity index (χ2n) is 6.93. The molecule has 28 heavy (non-hydrogen) atoms. The molecule has 0 spiro atoms. The van der Waals surface area contributed by atoms with Crippen molar-refractivity contribution in [2.45, 2.75) is 38.3 Å². The van der Waals surface area contributed by atoms with E-state index in [1.165, 1.54) is 18.2 Å². The summed E-state index contributed by atoms with van der Waals surface area (Å²) in [6.45, 7) is 1.78. The van der Waals surface area contributed by atoms with E-state index in [1.54, 1.807) is 11.0 Å². The zero-order valence-corrected chi connectivity index (χ0v) is 15.1. The third-order valence-corrected chi connectivity index (χ3v) is 4.95. The van der Waals surface area contributed by atoms with Crippen LogP contribution >= 0.6 is 0 Å². The zero-order chi connectivity index (χ0) is 19.7. The highest BCUT2D eigenvalue weighted by atomic mass is 19.4. The van der Waals surface area contributed by atoms with Gasteiger partial charge >= 0.3 is 6.36 Å². The highest BCUT2D eigenvalue weighted by Gasteiger charge is 2.32. The Morgan fingerprint density at radius 2 is 2.07 bits per heavy atom. The van der Waals surface area contributed by atoms with Gasteiger partial charge in [-0.15, -0.1) is 13.2 Å². The molecule has 9 heteroatoms. The van der Waals surface area contributed by atoms with Crippen molar-refractivity contribution in [2.24, 2.45) is 0 Å². The molecular weight excluding hydrogens is 375 g/mol. The van der Waals surface area contributed by atoms with Crippen LogP contribution in [0.15, 0.2) is 30.3 Å². The van der Waals surface area contributed by atoms with Crippen LogP contribution in [0.25, 0.3) is 0 Å². The third kappa shape index (κ3) is 4.14. The van der Waals surface area contributed by atoms with Crippen LogP contribution in [0.5, 0.6) is 5.75 Å². The number of aromatic nitrogens is 2. The molecule has 0 bridgehead atoms. The maximum atomic E-state index is 12.9. The van der Waals surface area contributed by atoms with E-state index in [9.17, 15) is 18.0 Å². The molecule has 6 nitrogen and oxygen atoms in total. The van der Waals surface area contributed by atoms with Crippen LogP contribution in [0, 0.1) is 0 Å². The fourth-order valence-electron chi connectivity index (χ4n) is 3.63. The largest absolute Gasteiger partial charge is 0.573 e. The van der Waals surface area contributed by atoms with E-state index in [4.69, 9.17) is 4.74 Å². The summed E-state index contributed by atoms with van der Waals surface area (Å²) in [6.07, 6.45) is -2.22. The lowest BCUT2D eigenvalue weighted by Gasteiger charge is -2.33. The van der Waals surface area contributed by atoms with Crippen molar-refractivity contribution < 1.29 is 27.4 Å². The Morgan fingerprint density at radius 1 is 1.21 bits per heavy atom. The normalized spacial score (nSPS) is 20.0. The summed E-state index contributed by atoms with van der Waals surface area (Å²) < 4.78 is 48.9. The fourth-order valence-corrected chi connectivity index (χ4v) is 3.63. The van der Waals surface area contributed by atoms with Gasteiger partial charge in [-0.25, -0.2) is 0 Å². The number of fused-ring (bicyclic) bond motifs is 1. The van der Waals surface area contributed by atoms with Crippen molar-refractivity contribution in [1.82, 2.24) is 14.7 Å². The second kappa shape index (κ2) is 7.46. The van der Waals surface area contributed by atoms with Crippen molar-refractivity contribution >= 4 is 5.91 Å². The second-order valence-corrected chi connectivity index (χ2v) is 6.93. The number of morpholine rings is 1. The van der Waals surface area contributed by atoms with Gasteiger partial charge in [-0.05, 0) is 43.0 Å². The van der Waals surface area contributed by atoms with Gasteiger partial charge in [0.2, 0.25) is 0 Å². The average molecular weight is 395 g/mol. The summed E-state index contributed by atoms with van der Waals surface area (Å²) >= 11 is 0. The van der Waals surface area contributed by atoms with Crippen molar-refractivity contribution in [2.75, 3.05) is 19.7 Å². The molecule has 3 heterocycles. The van der Waals surface area contributed by atoms with E-state index < -0.39 is 12.5 Å². The molecule has 1 fully saturated rings. The monoisotopic (exact) mass is 395 g/mol. The fraction of sp³-hybridized carbons (Fsp3) is 0.474. The van der Waals surface area contributed by atoms with E-state index in [0.29, 0.717) is 24.4 Å². The standard InChI is InChI=1S/C19H20F3N3O3/c20-19(21,22)28-15-6-3-4-13(10-15)17-12-24(8-9-27-17)18(26)16-11-14-5-1-2-7-25(14)23-16/h3-4,6,10-11,17H,1-2,5,7-9,12H2. The lowest BCUT2D eigenvalue weighted by Crippen LogP contribution is -2.42. The molecule has 150 valence electrons. The van der Waals surface area contributed by atoms with Crippen LogP contribution < -0.4 is 4.74 Å². The van der Waals surface area contributed by atoms with Gasteiger partial charge in [0, 0.05) is 18.8 Å². The van der Waals surface area contributed by atoms with Gasteiger partial charge in [0.15, 0.2) is 5.69 Å². The highest BCUT2D eigenvalue weighted by Crippen LogP contribution is 2.29. The van der Waals surface area contributed by atoms with E-state index in [0.717, 1.165) is 31.5 Å². The van der Waals surface area contributed by atoms with Crippen molar-refractivity contribution in [3.63, 3.8) is 0 Å².